The van der Waals surface area contributed by atoms with Crippen LogP contribution in [0.4, 0.5) is 13.2 Å². The molecule has 0 atom stereocenters. The molecule has 1 aliphatic carbocycles. The number of hydrogen-bond acceptors (Lipinski definition) is 3. The molecule has 0 radical (unpaired) electrons. The summed E-state index contributed by atoms with van der Waals surface area (Å²) in [6.45, 7) is 3.24. The highest BCUT2D eigenvalue weighted by molar-refractivity contribution is 5.75. The zero-order valence-electron chi connectivity index (χ0n) is 14.8. The van der Waals surface area contributed by atoms with Crippen LogP contribution in [0.1, 0.15) is 49.2 Å². The molecule has 0 spiro atoms. The van der Waals surface area contributed by atoms with Crippen LogP contribution in [0.3, 0.4) is 0 Å². The molecule has 26 heavy (non-hydrogen) atoms. The molecule has 1 fully saturated rings. The van der Waals surface area contributed by atoms with Crippen molar-refractivity contribution in [1.29, 1.82) is 0 Å². The summed E-state index contributed by atoms with van der Waals surface area (Å²) >= 11 is 0. The monoisotopic (exact) mass is 369 g/mol. The number of carbonyl (C=O) groups is 1. The second kappa shape index (κ2) is 7.13. The normalized spacial score (nSPS) is 14.7. The number of halogens is 3. The van der Waals surface area contributed by atoms with E-state index in [0.717, 1.165) is 31.1 Å². The fraction of sp³-hybridized carbons (Fsp3) is 0.588. The highest BCUT2D eigenvalue weighted by Gasteiger charge is 2.37. The number of alkyl halides is 3. The van der Waals surface area contributed by atoms with E-state index in [1.165, 1.54) is 9.58 Å². The number of nitrogens with zero attached hydrogens (tertiary/aromatic N) is 5. The Hall–Kier alpha value is -2.32. The van der Waals surface area contributed by atoms with Crippen LogP contribution in [0.15, 0.2) is 18.3 Å². The van der Waals surface area contributed by atoms with E-state index in [1.54, 1.807) is 11.7 Å². The first-order valence-corrected chi connectivity index (χ1v) is 8.69. The average molecular weight is 369 g/mol. The Kier molecular flexibility index (Phi) is 5.06. The van der Waals surface area contributed by atoms with E-state index < -0.39 is 11.9 Å². The van der Waals surface area contributed by atoms with E-state index in [2.05, 4.69) is 10.2 Å². The van der Waals surface area contributed by atoms with Gasteiger partial charge in [0.2, 0.25) is 5.91 Å². The Morgan fingerprint density at radius 1 is 1.35 bits per heavy atom. The largest absolute Gasteiger partial charge is 0.435 e. The number of hydrogen-bond donors (Lipinski definition) is 0. The lowest BCUT2D eigenvalue weighted by Gasteiger charge is -2.16. The molecule has 2 aromatic heterocycles. The van der Waals surface area contributed by atoms with E-state index in [-0.39, 0.29) is 24.8 Å². The number of aryl methyl sites for hydroxylation is 2. The van der Waals surface area contributed by atoms with Gasteiger partial charge in [-0.25, -0.2) is 0 Å². The predicted octanol–water partition coefficient (Wildman–Crippen LogP) is 3.04. The molecular weight excluding hydrogens is 347 g/mol. The van der Waals surface area contributed by atoms with Crippen LogP contribution < -0.4 is 0 Å². The lowest BCUT2D eigenvalue weighted by Crippen LogP contribution is -2.27. The van der Waals surface area contributed by atoms with E-state index in [9.17, 15) is 18.0 Å². The van der Waals surface area contributed by atoms with Crippen molar-refractivity contribution in [3.05, 3.63) is 35.4 Å². The standard InChI is InChI=1S/C17H22F3N5O/c1-3-24-8-6-13(21-24)11-23(2)16(26)7-9-25-14(12-4-5-12)10-15(22-25)17(18,19)20/h6,8,10,12H,3-5,7,9,11H2,1-2H3. The van der Waals surface area contributed by atoms with Crippen molar-refractivity contribution in [3.63, 3.8) is 0 Å². The van der Waals surface area contributed by atoms with Crippen molar-refractivity contribution in [2.75, 3.05) is 7.05 Å². The highest BCUT2D eigenvalue weighted by Crippen LogP contribution is 2.42. The minimum atomic E-state index is -4.46. The summed E-state index contributed by atoms with van der Waals surface area (Å²) in [5.74, 6) is -0.0219. The van der Waals surface area contributed by atoms with Crippen LogP contribution in [0.2, 0.25) is 0 Å². The number of amides is 1. The molecule has 2 heterocycles. The van der Waals surface area contributed by atoms with Crippen LogP contribution in [0, 0.1) is 0 Å². The second-order valence-corrected chi connectivity index (χ2v) is 6.61. The molecule has 0 unspecified atom stereocenters. The van der Waals surface area contributed by atoms with E-state index in [4.69, 9.17) is 0 Å². The molecule has 2 aromatic rings. The highest BCUT2D eigenvalue weighted by atomic mass is 19.4. The molecular formula is C17H22F3N5O. The molecule has 0 saturated heterocycles. The Labute approximate surface area is 149 Å². The topological polar surface area (TPSA) is 56.0 Å². The average Bonchev–Trinajstić information content (AvgIpc) is 3.16. The molecule has 6 nitrogen and oxygen atoms in total. The Morgan fingerprint density at radius 2 is 2.08 bits per heavy atom. The summed E-state index contributed by atoms with van der Waals surface area (Å²) in [5.41, 5.74) is 0.472. The third-order valence-corrected chi connectivity index (χ3v) is 4.48. The molecule has 1 saturated carbocycles. The first-order chi connectivity index (χ1) is 12.3. The molecule has 3 rings (SSSR count). The lowest BCUT2D eigenvalue weighted by molar-refractivity contribution is -0.141. The summed E-state index contributed by atoms with van der Waals surface area (Å²) in [4.78, 5) is 13.9. The van der Waals surface area contributed by atoms with Crippen molar-refractivity contribution in [3.8, 4) is 0 Å². The maximum absolute atomic E-state index is 12.9. The Bertz CT molecular complexity index is 776. The molecule has 142 valence electrons. The molecule has 0 aromatic carbocycles. The molecule has 9 heteroatoms. The van der Waals surface area contributed by atoms with Crippen molar-refractivity contribution in [1.82, 2.24) is 24.5 Å². The fourth-order valence-corrected chi connectivity index (χ4v) is 2.84. The van der Waals surface area contributed by atoms with Crippen LogP contribution in [-0.2, 0) is 30.6 Å². The van der Waals surface area contributed by atoms with Crippen molar-refractivity contribution < 1.29 is 18.0 Å². The Morgan fingerprint density at radius 3 is 2.65 bits per heavy atom. The summed E-state index contributed by atoms with van der Waals surface area (Å²) < 4.78 is 41.8. The maximum atomic E-state index is 12.9. The zero-order chi connectivity index (χ0) is 18.9. The van der Waals surface area contributed by atoms with Crippen molar-refractivity contribution >= 4 is 5.91 Å². The third-order valence-electron chi connectivity index (χ3n) is 4.48. The third kappa shape index (κ3) is 4.25. The minimum absolute atomic E-state index is 0.101. The lowest BCUT2D eigenvalue weighted by atomic mass is 10.2. The summed E-state index contributed by atoms with van der Waals surface area (Å²) in [6.07, 6.45) is -0.775. The first kappa shape index (κ1) is 18.5. The Balaban J connectivity index is 1.61. The van der Waals surface area contributed by atoms with Crippen LogP contribution in [0.5, 0.6) is 0 Å². The number of carbonyl (C=O) groups excluding carboxylic acids is 1. The van der Waals surface area contributed by atoms with Gasteiger partial charge in [0.05, 0.1) is 12.2 Å². The number of aromatic nitrogens is 4. The van der Waals surface area contributed by atoms with Crippen LogP contribution in [0.25, 0.3) is 0 Å². The van der Waals surface area contributed by atoms with Gasteiger partial charge >= 0.3 is 6.18 Å². The minimum Gasteiger partial charge on any atom is -0.340 e. The second-order valence-electron chi connectivity index (χ2n) is 6.61. The molecule has 1 amide bonds. The first-order valence-electron chi connectivity index (χ1n) is 8.69. The molecule has 0 bridgehead atoms. The van der Waals surface area contributed by atoms with E-state index >= 15 is 0 Å². The van der Waals surface area contributed by atoms with Gasteiger partial charge in [-0.15, -0.1) is 0 Å². The van der Waals surface area contributed by atoms with Crippen LogP contribution in [-0.4, -0.2) is 37.4 Å². The fourth-order valence-electron chi connectivity index (χ4n) is 2.84. The zero-order valence-corrected chi connectivity index (χ0v) is 14.8. The van der Waals surface area contributed by atoms with Gasteiger partial charge in [-0.3, -0.25) is 14.2 Å². The van der Waals surface area contributed by atoms with Crippen molar-refractivity contribution in [2.45, 2.75) is 57.9 Å². The summed E-state index contributed by atoms with van der Waals surface area (Å²) in [7, 11) is 1.67. The van der Waals surface area contributed by atoms with E-state index in [1.807, 2.05) is 19.2 Å². The van der Waals surface area contributed by atoms with Gasteiger partial charge in [-0.2, -0.15) is 23.4 Å². The molecule has 1 aliphatic rings. The predicted molar refractivity (Wildman–Crippen MR) is 88.2 cm³/mol. The molecule has 0 N–H and O–H groups in total. The van der Waals surface area contributed by atoms with Gasteiger partial charge in [0.25, 0.3) is 0 Å². The van der Waals surface area contributed by atoms with E-state index in [0.29, 0.717) is 12.2 Å². The SMILES string of the molecule is CCn1ccc(CN(C)C(=O)CCn2nc(C(F)(F)F)cc2C2CC2)n1. The van der Waals surface area contributed by atoms with Gasteiger partial charge in [-0.05, 0) is 31.9 Å². The maximum Gasteiger partial charge on any atom is 0.435 e. The van der Waals surface area contributed by atoms with Gasteiger partial charge in [0.15, 0.2) is 5.69 Å². The molecule has 0 aliphatic heterocycles. The number of rotatable bonds is 7. The van der Waals surface area contributed by atoms with Crippen molar-refractivity contribution in [2.24, 2.45) is 0 Å². The van der Waals surface area contributed by atoms with Gasteiger partial charge < -0.3 is 4.90 Å². The van der Waals surface area contributed by atoms with Crippen LogP contribution >= 0.6 is 0 Å². The van der Waals surface area contributed by atoms with Gasteiger partial charge in [-0.1, -0.05) is 0 Å². The smallest absolute Gasteiger partial charge is 0.340 e. The summed E-state index contributed by atoms with van der Waals surface area (Å²) in [5, 5.41) is 8.00. The summed E-state index contributed by atoms with van der Waals surface area (Å²) in [6, 6.07) is 2.96. The van der Waals surface area contributed by atoms with Gasteiger partial charge in [0, 0.05) is 44.4 Å². The van der Waals surface area contributed by atoms with Gasteiger partial charge in [0.1, 0.15) is 0 Å². The quantitative estimate of drug-likeness (QED) is 0.754.